The molecular formula is C18H24S. The van der Waals surface area contributed by atoms with Crippen LogP contribution in [0.5, 0.6) is 0 Å². The summed E-state index contributed by atoms with van der Waals surface area (Å²) in [6, 6.07) is 8.61. The van der Waals surface area contributed by atoms with Crippen molar-refractivity contribution in [3.63, 3.8) is 0 Å². The third kappa shape index (κ3) is 4.14. The number of benzene rings is 1. The van der Waals surface area contributed by atoms with Crippen LogP contribution >= 0.6 is 12.6 Å². The van der Waals surface area contributed by atoms with Crippen molar-refractivity contribution < 1.29 is 0 Å². The second kappa shape index (κ2) is 8.06. The maximum absolute atomic E-state index is 4.11. The maximum Gasteiger partial charge on any atom is 0.00486 e. The zero-order chi connectivity index (χ0) is 14.3. The van der Waals surface area contributed by atoms with Crippen molar-refractivity contribution in [3.05, 3.63) is 64.6 Å². The Hall–Kier alpha value is -1.21. The predicted molar refractivity (Wildman–Crippen MR) is 90.5 cm³/mol. The summed E-state index contributed by atoms with van der Waals surface area (Å²) in [5.41, 5.74) is 5.50. The topological polar surface area (TPSA) is 0 Å². The van der Waals surface area contributed by atoms with E-state index in [2.05, 4.69) is 76.7 Å². The van der Waals surface area contributed by atoms with Crippen LogP contribution in [0.25, 0.3) is 5.57 Å². The van der Waals surface area contributed by atoms with E-state index in [1.165, 1.54) is 22.3 Å². The molecule has 0 aliphatic heterocycles. The van der Waals surface area contributed by atoms with Crippen LogP contribution in [0.1, 0.15) is 38.3 Å². The van der Waals surface area contributed by atoms with Crippen molar-refractivity contribution >= 4 is 18.2 Å². The molecule has 0 bridgehead atoms. The molecule has 1 aromatic rings. The Morgan fingerprint density at radius 1 is 1.32 bits per heavy atom. The fourth-order valence-corrected chi connectivity index (χ4v) is 2.63. The molecular weight excluding hydrogens is 248 g/mol. The highest BCUT2D eigenvalue weighted by Gasteiger charge is 2.16. The molecule has 0 amide bonds. The first kappa shape index (κ1) is 15.8. The zero-order valence-corrected chi connectivity index (χ0v) is 13.2. The third-order valence-corrected chi connectivity index (χ3v) is 3.72. The van der Waals surface area contributed by atoms with E-state index in [1.807, 2.05) is 6.08 Å². The first-order valence-electron chi connectivity index (χ1n) is 6.85. The standard InChI is InChI=1S/C18H24S/c1-5-16(14(3)11-9-13-19)17(6-2)18-12-8-7-10-15(18)4/h6-13,16,19H,5H2,1-4H3/b13-9-,14-11+,17-6-. The van der Waals surface area contributed by atoms with E-state index in [4.69, 9.17) is 0 Å². The van der Waals surface area contributed by atoms with Gasteiger partial charge in [-0.3, -0.25) is 0 Å². The van der Waals surface area contributed by atoms with Crippen LogP contribution in [-0.4, -0.2) is 0 Å². The van der Waals surface area contributed by atoms with Gasteiger partial charge in [0.25, 0.3) is 0 Å². The highest BCUT2D eigenvalue weighted by molar-refractivity contribution is 7.83. The first-order chi connectivity index (χ1) is 9.15. The van der Waals surface area contributed by atoms with Gasteiger partial charge in [0, 0.05) is 5.92 Å². The summed E-state index contributed by atoms with van der Waals surface area (Å²) in [5, 5.41) is 1.78. The number of allylic oxidation sites excluding steroid dienone is 5. The lowest BCUT2D eigenvalue weighted by atomic mass is 9.83. The van der Waals surface area contributed by atoms with Crippen molar-refractivity contribution in [1.29, 1.82) is 0 Å². The van der Waals surface area contributed by atoms with Gasteiger partial charge in [0.2, 0.25) is 0 Å². The molecule has 0 spiro atoms. The van der Waals surface area contributed by atoms with E-state index in [1.54, 1.807) is 5.41 Å². The smallest absolute Gasteiger partial charge is 0.00486 e. The van der Waals surface area contributed by atoms with Gasteiger partial charge in [-0.05, 0) is 49.3 Å². The predicted octanol–water partition coefficient (Wildman–Crippen LogP) is 5.81. The molecule has 0 radical (unpaired) electrons. The van der Waals surface area contributed by atoms with E-state index in [-0.39, 0.29) is 0 Å². The monoisotopic (exact) mass is 272 g/mol. The maximum atomic E-state index is 4.11. The summed E-state index contributed by atoms with van der Waals surface area (Å²) in [6.07, 6.45) is 7.50. The number of thiol groups is 1. The summed E-state index contributed by atoms with van der Waals surface area (Å²) in [4.78, 5) is 0. The second-order valence-corrected chi connectivity index (χ2v) is 5.07. The Labute approximate surface area is 123 Å². The Balaban J connectivity index is 3.18. The lowest BCUT2D eigenvalue weighted by molar-refractivity contribution is 0.744. The molecule has 0 heterocycles. The number of hydrogen-bond acceptors (Lipinski definition) is 1. The molecule has 0 aromatic heterocycles. The quantitative estimate of drug-likeness (QED) is 0.507. The van der Waals surface area contributed by atoms with Crippen molar-refractivity contribution in [2.45, 2.75) is 34.1 Å². The van der Waals surface area contributed by atoms with Crippen molar-refractivity contribution in [2.24, 2.45) is 5.92 Å². The van der Waals surface area contributed by atoms with Crippen LogP contribution in [0, 0.1) is 12.8 Å². The first-order valence-corrected chi connectivity index (χ1v) is 7.37. The summed E-state index contributed by atoms with van der Waals surface area (Å²) in [6.45, 7) is 8.75. The molecule has 0 aliphatic rings. The highest BCUT2D eigenvalue weighted by Crippen LogP contribution is 2.33. The van der Waals surface area contributed by atoms with Gasteiger partial charge < -0.3 is 0 Å². The van der Waals surface area contributed by atoms with Gasteiger partial charge in [-0.2, -0.15) is 12.6 Å². The molecule has 19 heavy (non-hydrogen) atoms. The molecule has 0 N–H and O–H groups in total. The van der Waals surface area contributed by atoms with Crippen LogP contribution < -0.4 is 0 Å². The van der Waals surface area contributed by atoms with E-state index < -0.39 is 0 Å². The molecule has 0 fully saturated rings. The molecule has 0 nitrogen and oxygen atoms in total. The van der Waals surface area contributed by atoms with E-state index in [9.17, 15) is 0 Å². The summed E-state index contributed by atoms with van der Waals surface area (Å²) in [5.74, 6) is 0.468. The largest absolute Gasteiger partial charge is 0.151 e. The molecule has 0 aliphatic carbocycles. The van der Waals surface area contributed by atoms with Crippen molar-refractivity contribution in [2.75, 3.05) is 0 Å². The zero-order valence-electron chi connectivity index (χ0n) is 12.4. The Bertz CT molecular complexity index is 492. The number of hydrogen-bond donors (Lipinski definition) is 1. The van der Waals surface area contributed by atoms with Crippen LogP contribution in [-0.2, 0) is 0 Å². The molecule has 0 saturated heterocycles. The van der Waals surface area contributed by atoms with Gasteiger partial charge >= 0.3 is 0 Å². The van der Waals surface area contributed by atoms with Gasteiger partial charge in [0.15, 0.2) is 0 Å². The van der Waals surface area contributed by atoms with Crippen LogP contribution in [0.4, 0.5) is 0 Å². The molecule has 1 heteroatoms. The third-order valence-electron chi connectivity index (χ3n) is 3.55. The normalized spacial score (nSPS) is 15.0. The molecule has 1 unspecified atom stereocenters. The van der Waals surface area contributed by atoms with Crippen molar-refractivity contribution in [1.82, 2.24) is 0 Å². The average Bonchev–Trinajstić information content (AvgIpc) is 2.43. The van der Waals surface area contributed by atoms with Gasteiger partial charge in [0.1, 0.15) is 0 Å². The van der Waals surface area contributed by atoms with E-state index in [0.29, 0.717) is 5.92 Å². The van der Waals surface area contributed by atoms with Gasteiger partial charge in [-0.1, -0.05) is 55.0 Å². The molecule has 0 saturated carbocycles. The Kier molecular flexibility index (Phi) is 6.72. The molecule has 102 valence electrons. The lowest BCUT2D eigenvalue weighted by Crippen LogP contribution is -2.05. The highest BCUT2D eigenvalue weighted by atomic mass is 32.1. The SMILES string of the molecule is C/C=C(\c1ccccc1C)C(CC)/C(C)=C/C=C\S. The molecule has 1 rings (SSSR count). The van der Waals surface area contributed by atoms with Gasteiger partial charge in [0.05, 0.1) is 0 Å². The van der Waals surface area contributed by atoms with Gasteiger partial charge in [-0.25, -0.2) is 0 Å². The Morgan fingerprint density at radius 2 is 2.00 bits per heavy atom. The Morgan fingerprint density at radius 3 is 2.53 bits per heavy atom. The fraction of sp³-hybridized carbons (Fsp3) is 0.333. The average molecular weight is 272 g/mol. The van der Waals surface area contributed by atoms with Crippen LogP contribution in [0.3, 0.4) is 0 Å². The van der Waals surface area contributed by atoms with Crippen molar-refractivity contribution in [3.8, 4) is 0 Å². The van der Waals surface area contributed by atoms with Crippen LogP contribution in [0.2, 0.25) is 0 Å². The molecule has 1 aromatic carbocycles. The summed E-state index contributed by atoms with van der Waals surface area (Å²) in [7, 11) is 0. The van der Waals surface area contributed by atoms with E-state index in [0.717, 1.165) is 6.42 Å². The fourth-order valence-electron chi connectivity index (χ4n) is 2.54. The minimum atomic E-state index is 0.468. The van der Waals surface area contributed by atoms with E-state index >= 15 is 0 Å². The summed E-state index contributed by atoms with van der Waals surface area (Å²) < 4.78 is 0. The second-order valence-electron chi connectivity index (χ2n) is 4.77. The molecule has 1 atom stereocenters. The summed E-state index contributed by atoms with van der Waals surface area (Å²) >= 11 is 4.11. The number of rotatable bonds is 5. The number of aryl methyl sites for hydroxylation is 1. The lowest BCUT2D eigenvalue weighted by Gasteiger charge is -2.21. The van der Waals surface area contributed by atoms with Gasteiger partial charge in [-0.15, -0.1) is 0 Å². The van der Waals surface area contributed by atoms with Crippen LogP contribution in [0.15, 0.2) is 53.5 Å². The minimum absolute atomic E-state index is 0.468. The minimum Gasteiger partial charge on any atom is -0.151 e.